The van der Waals surface area contributed by atoms with Crippen molar-refractivity contribution in [2.75, 3.05) is 5.73 Å². The maximum absolute atomic E-state index is 10.8. The minimum Gasteiger partial charge on any atom is -0.391 e. The minimum atomic E-state index is -0.434. The molecule has 0 unspecified atom stereocenters. The summed E-state index contributed by atoms with van der Waals surface area (Å²) in [6.07, 6.45) is 0. The molecule has 0 atom stereocenters. The molecule has 2 rings (SSSR count). The minimum absolute atomic E-state index is 0.0267. The lowest BCUT2D eigenvalue weighted by Gasteiger charge is -1.96. The van der Waals surface area contributed by atoms with Gasteiger partial charge in [-0.15, -0.1) is 24.0 Å². The van der Waals surface area contributed by atoms with Crippen LogP contribution in [-0.2, 0) is 0 Å². The molecule has 1 heterocycles. The maximum Gasteiger partial charge on any atom is 0.291 e. The van der Waals surface area contributed by atoms with Crippen LogP contribution < -0.4 is 5.73 Å². The van der Waals surface area contributed by atoms with E-state index in [9.17, 15) is 10.1 Å². The van der Waals surface area contributed by atoms with E-state index < -0.39 is 4.92 Å². The van der Waals surface area contributed by atoms with E-state index in [-0.39, 0.29) is 5.69 Å². The first-order chi connectivity index (χ1) is 6.59. The molecular weight excluding hydrogens is 220 g/mol. The number of fused-ring (bicyclic) bond motifs is 1. The van der Waals surface area contributed by atoms with Crippen molar-refractivity contribution in [2.45, 2.75) is 4.90 Å². The van der Waals surface area contributed by atoms with Gasteiger partial charge in [0.15, 0.2) is 0 Å². The van der Waals surface area contributed by atoms with Crippen LogP contribution in [0.4, 0.5) is 10.7 Å². The van der Waals surface area contributed by atoms with Crippen LogP contribution in [0.3, 0.4) is 0 Å². The second kappa shape index (κ2) is 3.14. The van der Waals surface area contributed by atoms with E-state index in [1.807, 2.05) is 0 Å². The van der Waals surface area contributed by atoms with Crippen molar-refractivity contribution in [3.63, 3.8) is 0 Å². The molecule has 0 aliphatic rings. The van der Waals surface area contributed by atoms with Crippen molar-refractivity contribution in [3.8, 4) is 0 Å². The first kappa shape index (κ1) is 9.29. The number of nitrogens with zero attached hydrogens (tertiary/aromatic N) is 1. The summed E-state index contributed by atoms with van der Waals surface area (Å²) in [6, 6.07) is 5.00. The van der Waals surface area contributed by atoms with Gasteiger partial charge in [0.1, 0.15) is 0 Å². The molecule has 0 fully saturated rings. The van der Waals surface area contributed by atoms with E-state index in [0.717, 1.165) is 4.70 Å². The van der Waals surface area contributed by atoms with Crippen LogP contribution in [0, 0.1) is 10.1 Å². The lowest BCUT2D eigenvalue weighted by atomic mass is 10.2. The molecule has 0 radical (unpaired) electrons. The molecule has 0 spiro atoms. The van der Waals surface area contributed by atoms with Crippen LogP contribution in [0.15, 0.2) is 23.1 Å². The molecule has 0 aliphatic heterocycles. The summed E-state index contributed by atoms with van der Waals surface area (Å²) >= 11 is 5.38. The molecule has 14 heavy (non-hydrogen) atoms. The predicted octanol–water partition coefficient (Wildman–Crippen LogP) is 2.68. The molecule has 2 aromatic rings. The SMILES string of the molecule is Nc1cc2c([N+](=O)[O-])c(S)ccc2s1. The Morgan fingerprint density at radius 1 is 1.50 bits per heavy atom. The summed E-state index contributed by atoms with van der Waals surface area (Å²) in [6.45, 7) is 0. The Kier molecular flexibility index (Phi) is 2.09. The van der Waals surface area contributed by atoms with E-state index in [1.54, 1.807) is 18.2 Å². The number of thiol groups is 1. The molecule has 1 aromatic carbocycles. The van der Waals surface area contributed by atoms with Crippen LogP contribution in [0.5, 0.6) is 0 Å². The highest BCUT2D eigenvalue weighted by Crippen LogP contribution is 2.37. The average Bonchev–Trinajstić information content (AvgIpc) is 2.43. The maximum atomic E-state index is 10.8. The Balaban J connectivity index is 2.88. The summed E-state index contributed by atoms with van der Waals surface area (Å²) in [5.74, 6) is 0. The number of nitro benzene ring substituents is 1. The van der Waals surface area contributed by atoms with Gasteiger partial charge in [-0.1, -0.05) is 0 Å². The second-order valence-electron chi connectivity index (χ2n) is 2.75. The molecule has 0 amide bonds. The van der Waals surface area contributed by atoms with Gasteiger partial charge in [-0.05, 0) is 18.2 Å². The fourth-order valence-corrected chi connectivity index (χ4v) is 2.41. The number of thiophene rings is 1. The largest absolute Gasteiger partial charge is 0.391 e. The second-order valence-corrected chi connectivity index (χ2v) is 4.35. The highest BCUT2D eigenvalue weighted by Gasteiger charge is 2.17. The zero-order chi connectivity index (χ0) is 10.3. The standard InChI is InChI=1S/C8H6N2O2S2/c9-7-3-4-6(14-7)2-1-5(13)8(4)10(11)12/h1-3,13H,9H2. The van der Waals surface area contributed by atoms with Crippen LogP contribution in [-0.4, -0.2) is 4.92 Å². The molecule has 0 saturated carbocycles. The summed E-state index contributed by atoms with van der Waals surface area (Å²) in [7, 11) is 0. The quantitative estimate of drug-likeness (QED) is 0.446. The van der Waals surface area contributed by atoms with Crippen LogP contribution in [0.2, 0.25) is 0 Å². The van der Waals surface area contributed by atoms with E-state index in [1.165, 1.54) is 11.3 Å². The molecule has 1 aromatic heterocycles. The van der Waals surface area contributed by atoms with Crippen molar-refractivity contribution in [3.05, 3.63) is 28.3 Å². The number of rotatable bonds is 1. The van der Waals surface area contributed by atoms with Gasteiger partial charge in [0.25, 0.3) is 5.69 Å². The Labute approximate surface area is 88.9 Å². The van der Waals surface area contributed by atoms with E-state index in [2.05, 4.69) is 12.6 Å². The van der Waals surface area contributed by atoms with E-state index >= 15 is 0 Å². The third kappa shape index (κ3) is 1.32. The van der Waals surface area contributed by atoms with Crippen molar-refractivity contribution < 1.29 is 4.92 Å². The van der Waals surface area contributed by atoms with Gasteiger partial charge in [0.2, 0.25) is 0 Å². The zero-order valence-electron chi connectivity index (χ0n) is 6.93. The van der Waals surface area contributed by atoms with Crippen molar-refractivity contribution >= 4 is 44.7 Å². The van der Waals surface area contributed by atoms with Crippen molar-refractivity contribution in [1.82, 2.24) is 0 Å². The third-order valence-corrected chi connectivity index (χ3v) is 3.14. The van der Waals surface area contributed by atoms with Gasteiger partial charge in [0, 0.05) is 4.70 Å². The fraction of sp³-hybridized carbons (Fsp3) is 0. The smallest absolute Gasteiger partial charge is 0.291 e. The summed E-state index contributed by atoms with van der Waals surface area (Å²) in [5, 5.41) is 11.9. The van der Waals surface area contributed by atoms with Gasteiger partial charge < -0.3 is 5.73 Å². The predicted molar refractivity (Wildman–Crippen MR) is 60.1 cm³/mol. The summed E-state index contributed by atoms with van der Waals surface area (Å²) in [5.41, 5.74) is 5.61. The van der Waals surface area contributed by atoms with Crippen molar-refractivity contribution in [1.29, 1.82) is 0 Å². The monoisotopic (exact) mass is 226 g/mol. The number of anilines is 1. The first-order valence-electron chi connectivity index (χ1n) is 3.75. The molecule has 72 valence electrons. The Morgan fingerprint density at radius 2 is 2.21 bits per heavy atom. The van der Waals surface area contributed by atoms with Gasteiger partial charge in [0.05, 0.1) is 20.2 Å². The number of nitro groups is 1. The number of hydrogen-bond donors (Lipinski definition) is 2. The van der Waals surface area contributed by atoms with Crippen LogP contribution >= 0.6 is 24.0 Å². The highest BCUT2D eigenvalue weighted by atomic mass is 32.1. The molecule has 0 saturated heterocycles. The zero-order valence-corrected chi connectivity index (χ0v) is 8.64. The van der Waals surface area contributed by atoms with Gasteiger partial charge >= 0.3 is 0 Å². The highest BCUT2D eigenvalue weighted by molar-refractivity contribution is 7.80. The summed E-state index contributed by atoms with van der Waals surface area (Å²) < 4.78 is 0.812. The average molecular weight is 226 g/mol. The molecule has 0 aliphatic carbocycles. The molecule has 4 nitrogen and oxygen atoms in total. The number of benzene rings is 1. The Morgan fingerprint density at radius 3 is 2.86 bits per heavy atom. The molecular formula is C8H6N2O2S2. The number of nitrogen functional groups attached to an aromatic ring is 1. The third-order valence-electron chi connectivity index (χ3n) is 1.85. The first-order valence-corrected chi connectivity index (χ1v) is 5.01. The fourth-order valence-electron chi connectivity index (χ4n) is 1.30. The summed E-state index contributed by atoms with van der Waals surface area (Å²) in [4.78, 5) is 10.7. The van der Waals surface area contributed by atoms with E-state index in [0.29, 0.717) is 15.3 Å². The Bertz CT molecular complexity index is 521. The van der Waals surface area contributed by atoms with Gasteiger partial charge in [-0.2, -0.15) is 0 Å². The van der Waals surface area contributed by atoms with Crippen LogP contribution in [0.25, 0.3) is 10.1 Å². The molecule has 2 N–H and O–H groups in total. The lowest BCUT2D eigenvalue weighted by molar-refractivity contribution is -0.385. The number of hydrogen-bond acceptors (Lipinski definition) is 5. The Hall–Kier alpha value is -1.27. The molecule has 0 bridgehead atoms. The normalized spacial score (nSPS) is 10.6. The van der Waals surface area contributed by atoms with Gasteiger partial charge in [-0.3, -0.25) is 10.1 Å². The number of nitrogens with two attached hydrogens (primary N) is 1. The topological polar surface area (TPSA) is 69.2 Å². The van der Waals surface area contributed by atoms with Gasteiger partial charge in [-0.25, -0.2) is 0 Å². The van der Waals surface area contributed by atoms with E-state index in [4.69, 9.17) is 5.73 Å². The van der Waals surface area contributed by atoms with Crippen LogP contribution in [0.1, 0.15) is 0 Å². The van der Waals surface area contributed by atoms with Crippen molar-refractivity contribution in [2.24, 2.45) is 0 Å². The lowest BCUT2D eigenvalue weighted by Crippen LogP contribution is -1.89. The molecule has 6 heteroatoms.